The van der Waals surface area contributed by atoms with Gasteiger partial charge in [0.2, 0.25) is 0 Å². The van der Waals surface area contributed by atoms with Gasteiger partial charge in [0.25, 0.3) is 10.0 Å². The Hall–Kier alpha value is -3.33. The van der Waals surface area contributed by atoms with Crippen molar-refractivity contribution in [3.8, 4) is 22.8 Å². The first-order valence-electron chi connectivity index (χ1n) is 8.49. The number of methoxy groups -OCH3 is 1. The smallest absolute Gasteiger partial charge is 0.276 e. The van der Waals surface area contributed by atoms with Crippen LogP contribution in [0.15, 0.2) is 64.7 Å². The standard InChI is InChI=1S/C19H20N4O4S/c1-3-27-17-8-10-18(11-9-17)28(24,25)23-21-13-15-12-20-22-19(15)14-4-6-16(26-2)7-5-14/h4-13,23H,3H2,1-2H3,(H,20,22). The molecule has 0 radical (unpaired) electrons. The van der Waals surface area contributed by atoms with Gasteiger partial charge in [0, 0.05) is 11.1 Å². The predicted molar refractivity (Wildman–Crippen MR) is 106 cm³/mol. The van der Waals surface area contributed by atoms with E-state index in [1.54, 1.807) is 25.4 Å². The molecule has 0 amide bonds. The third-order valence-corrected chi connectivity index (χ3v) is 5.11. The van der Waals surface area contributed by atoms with Crippen LogP contribution in [0.3, 0.4) is 0 Å². The summed E-state index contributed by atoms with van der Waals surface area (Å²) in [5.74, 6) is 1.34. The number of benzene rings is 2. The Labute approximate surface area is 163 Å². The van der Waals surface area contributed by atoms with Crippen LogP contribution in [0.25, 0.3) is 11.3 Å². The number of nitrogens with zero attached hydrogens (tertiary/aromatic N) is 2. The molecule has 0 aliphatic heterocycles. The van der Waals surface area contributed by atoms with Gasteiger partial charge in [-0.15, -0.1) is 0 Å². The predicted octanol–water partition coefficient (Wildman–Crippen LogP) is 2.80. The molecule has 0 unspecified atom stereocenters. The van der Waals surface area contributed by atoms with Crippen molar-refractivity contribution in [2.45, 2.75) is 11.8 Å². The zero-order chi connectivity index (χ0) is 20.0. The summed E-state index contributed by atoms with van der Waals surface area (Å²) in [6.07, 6.45) is 2.96. The minimum Gasteiger partial charge on any atom is -0.497 e. The lowest BCUT2D eigenvalue weighted by atomic mass is 10.1. The average molecular weight is 400 g/mol. The summed E-state index contributed by atoms with van der Waals surface area (Å²) in [5, 5.41) is 10.7. The quantitative estimate of drug-likeness (QED) is 0.447. The minimum atomic E-state index is -3.78. The fourth-order valence-electron chi connectivity index (χ4n) is 2.48. The second-order valence-corrected chi connectivity index (χ2v) is 7.35. The van der Waals surface area contributed by atoms with Crippen LogP contribution in [0.4, 0.5) is 0 Å². The van der Waals surface area contributed by atoms with E-state index in [0.29, 0.717) is 23.6 Å². The third-order valence-electron chi connectivity index (χ3n) is 3.87. The molecule has 1 heterocycles. The number of sulfonamides is 1. The lowest BCUT2D eigenvalue weighted by molar-refractivity contribution is 0.340. The minimum absolute atomic E-state index is 0.0932. The Morgan fingerprint density at radius 1 is 1.11 bits per heavy atom. The normalized spacial score (nSPS) is 11.5. The SMILES string of the molecule is CCOc1ccc(S(=O)(=O)NN=Cc2cn[nH]c2-c2ccc(OC)cc2)cc1. The molecule has 9 heteroatoms. The van der Waals surface area contributed by atoms with Crippen LogP contribution in [-0.4, -0.2) is 38.5 Å². The van der Waals surface area contributed by atoms with Gasteiger partial charge in [0.05, 0.1) is 36.7 Å². The molecule has 2 aromatic carbocycles. The molecular weight excluding hydrogens is 380 g/mol. The summed E-state index contributed by atoms with van der Waals surface area (Å²) in [6, 6.07) is 13.5. The highest BCUT2D eigenvalue weighted by atomic mass is 32.2. The lowest BCUT2D eigenvalue weighted by Crippen LogP contribution is -2.18. The Bertz CT molecular complexity index is 1040. The third kappa shape index (κ3) is 4.49. The molecular formula is C19H20N4O4S. The first-order chi connectivity index (χ1) is 13.5. The van der Waals surface area contributed by atoms with Crippen LogP contribution < -0.4 is 14.3 Å². The van der Waals surface area contributed by atoms with E-state index in [-0.39, 0.29) is 4.90 Å². The lowest BCUT2D eigenvalue weighted by Gasteiger charge is -2.06. The first-order valence-corrected chi connectivity index (χ1v) is 9.97. The summed E-state index contributed by atoms with van der Waals surface area (Å²) < 4.78 is 35.2. The summed E-state index contributed by atoms with van der Waals surface area (Å²) in [4.78, 5) is 2.29. The molecule has 0 saturated heterocycles. The van der Waals surface area contributed by atoms with E-state index < -0.39 is 10.0 Å². The van der Waals surface area contributed by atoms with Crippen molar-refractivity contribution in [1.82, 2.24) is 15.0 Å². The maximum Gasteiger partial charge on any atom is 0.276 e. The van der Waals surface area contributed by atoms with Gasteiger partial charge in [-0.2, -0.15) is 18.6 Å². The highest BCUT2D eigenvalue weighted by Crippen LogP contribution is 2.22. The maximum absolute atomic E-state index is 12.4. The van der Waals surface area contributed by atoms with Crippen molar-refractivity contribution in [1.29, 1.82) is 0 Å². The van der Waals surface area contributed by atoms with Crippen molar-refractivity contribution in [2.75, 3.05) is 13.7 Å². The van der Waals surface area contributed by atoms with E-state index in [1.807, 2.05) is 31.2 Å². The van der Waals surface area contributed by atoms with Gasteiger partial charge in [-0.25, -0.2) is 4.83 Å². The molecule has 0 fully saturated rings. The van der Waals surface area contributed by atoms with E-state index in [2.05, 4.69) is 20.1 Å². The molecule has 1 aromatic heterocycles. The Morgan fingerprint density at radius 2 is 1.79 bits per heavy atom. The van der Waals surface area contributed by atoms with Gasteiger partial charge in [-0.3, -0.25) is 5.10 Å². The Kier molecular flexibility index (Phi) is 5.95. The number of rotatable bonds is 8. The van der Waals surface area contributed by atoms with Crippen LogP contribution in [0, 0.1) is 0 Å². The monoisotopic (exact) mass is 400 g/mol. The number of nitrogens with one attached hydrogen (secondary N) is 2. The summed E-state index contributed by atoms with van der Waals surface area (Å²) in [5.41, 5.74) is 2.22. The fourth-order valence-corrected chi connectivity index (χ4v) is 3.27. The second kappa shape index (κ2) is 8.57. The average Bonchev–Trinajstić information content (AvgIpc) is 3.17. The van der Waals surface area contributed by atoms with E-state index in [4.69, 9.17) is 9.47 Å². The number of H-pyrrole nitrogens is 1. The number of hydrazone groups is 1. The van der Waals surface area contributed by atoms with Crippen LogP contribution in [0.5, 0.6) is 11.5 Å². The molecule has 8 nitrogen and oxygen atoms in total. The molecule has 3 aromatic rings. The van der Waals surface area contributed by atoms with Crippen molar-refractivity contribution in [2.24, 2.45) is 5.10 Å². The molecule has 0 aliphatic rings. The van der Waals surface area contributed by atoms with Crippen molar-refractivity contribution < 1.29 is 17.9 Å². The summed E-state index contributed by atoms with van der Waals surface area (Å²) in [7, 11) is -2.19. The van der Waals surface area contributed by atoms with Crippen molar-refractivity contribution in [3.05, 3.63) is 60.3 Å². The second-order valence-electron chi connectivity index (χ2n) is 5.69. The topological polar surface area (TPSA) is 106 Å². The molecule has 28 heavy (non-hydrogen) atoms. The fraction of sp³-hybridized carbons (Fsp3) is 0.158. The molecule has 0 aliphatic carbocycles. The largest absolute Gasteiger partial charge is 0.497 e. The van der Waals surface area contributed by atoms with Gasteiger partial charge in [-0.05, 0) is 55.5 Å². The van der Waals surface area contributed by atoms with Crippen LogP contribution in [0.2, 0.25) is 0 Å². The first kappa shape index (κ1) is 19.4. The van der Waals surface area contributed by atoms with Gasteiger partial charge >= 0.3 is 0 Å². The van der Waals surface area contributed by atoms with Crippen LogP contribution >= 0.6 is 0 Å². The molecule has 0 bridgehead atoms. The number of hydrogen-bond donors (Lipinski definition) is 2. The molecule has 0 atom stereocenters. The van der Waals surface area contributed by atoms with Crippen LogP contribution in [-0.2, 0) is 10.0 Å². The highest BCUT2D eigenvalue weighted by Gasteiger charge is 2.13. The summed E-state index contributed by atoms with van der Waals surface area (Å²) in [6.45, 7) is 2.37. The van der Waals surface area contributed by atoms with Gasteiger partial charge < -0.3 is 9.47 Å². The van der Waals surface area contributed by atoms with Crippen LogP contribution in [0.1, 0.15) is 12.5 Å². The van der Waals surface area contributed by atoms with E-state index >= 15 is 0 Å². The van der Waals surface area contributed by atoms with Gasteiger partial charge in [-0.1, -0.05) is 0 Å². The molecule has 146 valence electrons. The number of hydrogen-bond acceptors (Lipinski definition) is 6. The molecule has 0 saturated carbocycles. The highest BCUT2D eigenvalue weighted by molar-refractivity contribution is 7.89. The maximum atomic E-state index is 12.4. The van der Waals surface area contributed by atoms with Gasteiger partial charge in [0.1, 0.15) is 11.5 Å². The zero-order valence-corrected chi connectivity index (χ0v) is 16.2. The van der Waals surface area contributed by atoms with Crippen molar-refractivity contribution >= 4 is 16.2 Å². The Balaban J connectivity index is 1.73. The zero-order valence-electron chi connectivity index (χ0n) is 15.4. The van der Waals surface area contributed by atoms with E-state index in [9.17, 15) is 8.42 Å². The molecule has 3 rings (SSSR count). The number of aromatic amines is 1. The van der Waals surface area contributed by atoms with E-state index in [0.717, 1.165) is 11.3 Å². The number of ether oxygens (including phenoxy) is 2. The van der Waals surface area contributed by atoms with E-state index in [1.165, 1.54) is 18.3 Å². The number of aromatic nitrogens is 2. The summed E-state index contributed by atoms with van der Waals surface area (Å²) >= 11 is 0. The Morgan fingerprint density at radius 3 is 2.43 bits per heavy atom. The molecule has 0 spiro atoms. The van der Waals surface area contributed by atoms with Crippen molar-refractivity contribution in [3.63, 3.8) is 0 Å². The molecule has 2 N–H and O–H groups in total. The van der Waals surface area contributed by atoms with Gasteiger partial charge in [0.15, 0.2) is 0 Å².